The van der Waals surface area contributed by atoms with Crippen molar-refractivity contribution < 1.29 is 4.79 Å². The van der Waals surface area contributed by atoms with Gasteiger partial charge in [-0.2, -0.15) is 0 Å². The van der Waals surface area contributed by atoms with Crippen molar-refractivity contribution in [3.05, 3.63) is 60.2 Å². The minimum atomic E-state index is -0.0185. The monoisotopic (exact) mass is 312 g/mol. The smallest absolute Gasteiger partial charge is 0.322 e. The molecule has 22 heavy (non-hydrogen) atoms. The van der Waals surface area contributed by atoms with Gasteiger partial charge in [0.2, 0.25) is 0 Å². The maximum absolute atomic E-state index is 12.6. The number of thioether (sulfide) groups is 1. The second kappa shape index (κ2) is 6.88. The van der Waals surface area contributed by atoms with E-state index >= 15 is 0 Å². The SMILES string of the molecule is CCC1CN(C(=O)NCc2ccccc2)c2ccccc2S1. The lowest BCUT2D eigenvalue weighted by molar-refractivity contribution is 0.245. The Hall–Kier alpha value is -1.94. The molecule has 1 aliphatic heterocycles. The number of benzene rings is 2. The van der Waals surface area contributed by atoms with Crippen molar-refractivity contribution in [1.29, 1.82) is 0 Å². The normalized spacial score (nSPS) is 17.0. The summed E-state index contributed by atoms with van der Waals surface area (Å²) in [6, 6.07) is 18.1. The first kappa shape index (κ1) is 15.0. The van der Waals surface area contributed by atoms with Crippen molar-refractivity contribution in [3.63, 3.8) is 0 Å². The molecule has 0 fully saturated rings. The predicted octanol–water partition coefficient (Wildman–Crippen LogP) is 4.29. The summed E-state index contributed by atoms with van der Waals surface area (Å²) in [6.45, 7) is 3.49. The average Bonchev–Trinajstić information content (AvgIpc) is 2.59. The van der Waals surface area contributed by atoms with Crippen LogP contribution in [0.5, 0.6) is 0 Å². The summed E-state index contributed by atoms with van der Waals surface area (Å²) in [4.78, 5) is 15.7. The average molecular weight is 312 g/mol. The predicted molar refractivity (Wildman–Crippen MR) is 92.4 cm³/mol. The van der Waals surface area contributed by atoms with E-state index in [0.717, 1.165) is 24.2 Å². The maximum Gasteiger partial charge on any atom is 0.322 e. The molecule has 1 atom stereocenters. The molecule has 3 nitrogen and oxygen atoms in total. The number of hydrogen-bond acceptors (Lipinski definition) is 2. The number of nitrogens with zero attached hydrogens (tertiary/aromatic N) is 1. The van der Waals surface area contributed by atoms with E-state index in [1.165, 1.54) is 4.90 Å². The van der Waals surface area contributed by atoms with Crippen LogP contribution in [0.2, 0.25) is 0 Å². The molecule has 2 aromatic carbocycles. The lowest BCUT2D eigenvalue weighted by Gasteiger charge is -2.33. The molecule has 1 aliphatic rings. The first-order chi connectivity index (χ1) is 10.8. The van der Waals surface area contributed by atoms with Crippen molar-refractivity contribution in [3.8, 4) is 0 Å². The van der Waals surface area contributed by atoms with Gasteiger partial charge in [-0.3, -0.25) is 4.90 Å². The molecule has 0 saturated heterocycles. The number of nitrogens with one attached hydrogen (secondary N) is 1. The lowest BCUT2D eigenvalue weighted by atomic mass is 10.2. The number of amides is 2. The fourth-order valence-corrected chi connectivity index (χ4v) is 3.78. The van der Waals surface area contributed by atoms with E-state index < -0.39 is 0 Å². The molecule has 2 amide bonds. The number of fused-ring (bicyclic) bond motifs is 1. The van der Waals surface area contributed by atoms with Crippen molar-refractivity contribution >= 4 is 23.5 Å². The first-order valence-electron chi connectivity index (χ1n) is 7.63. The molecule has 0 bridgehead atoms. The van der Waals surface area contributed by atoms with Crippen LogP contribution in [0.25, 0.3) is 0 Å². The van der Waals surface area contributed by atoms with Gasteiger partial charge in [-0.25, -0.2) is 4.79 Å². The second-order valence-corrected chi connectivity index (χ2v) is 6.71. The Morgan fingerprint density at radius 2 is 1.91 bits per heavy atom. The van der Waals surface area contributed by atoms with Gasteiger partial charge in [0.05, 0.1) is 5.69 Å². The lowest BCUT2D eigenvalue weighted by Crippen LogP contribution is -2.45. The summed E-state index contributed by atoms with van der Waals surface area (Å²) in [6.07, 6.45) is 1.06. The summed E-state index contributed by atoms with van der Waals surface area (Å²) < 4.78 is 0. The first-order valence-corrected chi connectivity index (χ1v) is 8.51. The molecule has 1 N–H and O–H groups in total. The molecule has 4 heteroatoms. The zero-order chi connectivity index (χ0) is 15.4. The Kier molecular flexibility index (Phi) is 4.68. The summed E-state index contributed by atoms with van der Waals surface area (Å²) >= 11 is 1.87. The van der Waals surface area contributed by atoms with Gasteiger partial charge in [0.25, 0.3) is 0 Å². The van der Waals surface area contributed by atoms with Crippen LogP contribution in [-0.2, 0) is 6.54 Å². The molecule has 3 rings (SSSR count). The second-order valence-electron chi connectivity index (χ2n) is 5.37. The van der Waals surface area contributed by atoms with Crippen LogP contribution in [-0.4, -0.2) is 17.8 Å². The minimum absolute atomic E-state index is 0.0185. The number of anilines is 1. The van der Waals surface area contributed by atoms with Gasteiger partial charge in [0.1, 0.15) is 0 Å². The quantitative estimate of drug-likeness (QED) is 0.917. The molecule has 114 valence electrons. The van der Waals surface area contributed by atoms with E-state index in [0.29, 0.717) is 11.8 Å². The Morgan fingerprint density at radius 3 is 2.68 bits per heavy atom. The molecule has 0 saturated carbocycles. The van der Waals surface area contributed by atoms with Crippen LogP contribution in [0, 0.1) is 0 Å². The zero-order valence-electron chi connectivity index (χ0n) is 12.7. The molecule has 0 radical (unpaired) electrons. The Labute approximate surface area is 135 Å². The van der Waals surface area contributed by atoms with Crippen molar-refractivity contribution in [1.82, 2.24) is 5.32 Å². The molecule has 2 aromatic rings. The molecule has 1 unspecified atom stereocenters. The largest absolute Gasteiger partial charge is 0.334 e. The van der Waals surface area contributed by atoms with Gasteiger partial charge < -0.3 is 5.32 Å². The van der Waals surface area contributed by atoms with E-state index in [2.05, 4.69) is 18.3 Å². The van der Waals surface area contributed by atoms with Gasteiger partial charge >= 0.3 is 6.03 Å². The van der Waals surface area contributed by atoms with Crippen molar-refractivity contribution in [2.75, 3.05) is 11.4 Å². The third-order valence-corrected chi connectivity index (χ3v) is 5.24. The van der Waals surface area contributed by atoms with Gasteiger partial charge in [-0.1, -0.05) is 49.4 Å². The zero-order valence-corrected chi connectivity index (χ0v) is 13.5. The number of rotatable bonds is 3. The standard InChI is InChI=1S/C18H20N2OS/c1-2-15-13-20(16-10-6-7-11-17(16)22-15)18(21)19-12-14-8-4-3-5-9-14/h3-11,15H,2,12-13H2,1H3,(H,19,21). The van der Waals surface area contributed by atoms with E-state index in [1.54, 1.807) is 0 Å². The third-order valence-electron chi connectivity index (χ3n) is 3.82. The van der Waals surface area contributed by atoms with Crippen LogP contribution in [0.1, 0.15) is 18.9 Å². The summed E-state index contributed by atoms with van der Waals surface area (Å²) in [5, 5.41) is 3.49. The molecule has 0 aliphatic carbocycles. The fourth-order valence-electron chi connectivity index (χ4n) is 2.57. The number of urea groups is 1. The highest BCUT2D eigenvalue weighted by molar-refractivity contribution is 8.00. The van der Waals surface area contributed by atoms with E-state index in [-0.39, 0.29) is 6.03 Å². The number of carbonyl (C=O) groups excluding carboxylic acids is 1. The fraction of sp³-hybridized carbons (Fsp3) is 0.278. The minimum Gasteiger partial charge on any atom is -0.334 e. The highest BCUT2D eigenvalue weighted by Gasteiger charge is 2.27. The summed E-state index contributed by atoms with van der Waals surface area (Å²) in [7, 11) is 0. The van der Waals surface area contributed by atoms with Gasteiger partial charge in [0.15, 0.2) is 0 Å². The van der Waals surface area contributed by atoms with E-state index in [9.17, 15) is 4.79 Å². The van der Waals surface area contributed by atoms with Crippen LogP contribution in [0.4, 0.5) is 10.5 Å². The Morgan fingerprint density at radius 1 is 1.18 bits per heavy atom. The molecular weight excluding hydrogens is 292 g/mol. The molecule has 1 heterocycles. The summed E-state index contributed by atoms with van der Waals surface area (Å²) in [5.74, 6) is 0. The molecule has 0 aromatic heterocycles. The van der Waals surface area contributed by atoms with Gasteiger partial charge in [0, 0.05) is 23.2 Å². The highest BCUT2D eigenvalue weighted by Crippen LogP contribution is 2.39. The van der Waals surface area contributed by atoms with E-state index in [1.807, 2.05) is 65.2 Å². The number of carbonyl (C=O) groups is 1. The van der Waals surface area contributed by atoms with Crippen LogP contribution in [0.15, 0.2) is 59.5 Å². The van der Waals surface area contributed by atoms with Crippen LogP contribution in [0.3, 0.4) is 0 Å². The van der Waals surface area contributed by atoms with Crippen LogP contribution >= 0.6 is 11.8 Å². The highest BCUT2D eigenvalue weighted by atomic mass is 32.2. The van der Waals surface area contributed by atoms with Gasteiger partial charge in [-0.05, 0) is 24.1 Å². The maximum atomic E-state index is 12.6. The molecule has 0 spiro atoms. The van der Waals surface area contributed by atoms with Gasteiger partial charge in [-0.15, -0.1) is 11.8 Å². The Balaban J connectivity index is 1.74. The van der Waals surface area contributed by atoms with Crippen LogP contribution < -0.4 is 10.2 Å². The van der Waals surface area contributed by atoms with Crippen molar-refractivity contribution in [2.24, 2.45) is 0 Å². The third kappa shape index (κ3) is 3.28. The number of para-hydroxylation sites is 1. The van der Waals surface area contributed by atoms with E-state index in [4.69, 9.17) is 0 Å². The molecular formula is C18H20N2OS. The summed E-state index contributed by atoms with van der Waals surface area (Å²) in [5.41, 5.74) is 2.13. The Bertz CT molecular complexity index is 645. The number of hydrogen-bond donors (Lipinski definition) is 1. The van der Waals surface area contributed by atoms with Crippen molar-refractivity contribution in [2.45, 2.75) is 30.0 Å². The topological polar surface area (TPSA) is 32.3 Å².